The fraction of sp³-hybridized carbons (Fsp3) is 0. The number of primary sulfonamides is 1. The normalized spacial score (nSPS) is 11.1. The third-order valence-corrected chi connectivity index (χ3v) is 3.42. The number of pyridine rings is 1. The van der Waals surface area contributed by atoms with Crippen molar-refractivity contribution in [2.75, 3.05) is 11.1 Å². The molecule has 0 saturated carbocycles. The minimum atomic E-state index is -3.74. The molecule has 2 rings (SSSR count). The van der Waals surface area contributed by atoms with Crippen LogP contribution >= 0.6 is 0 Å². The Balaban J connectivity index is 2.14. The molecule has 0 aliphatic heterocycles. The van der Waals surface area contributed by atoms with E-state index in [1.807, 2.05) is 0 Å². The molecule has 0 aliphatic rings. The number of nitrogen functional groups attached to an aromatic ring is 1. The van der Waals surface area contributed by atoms with E-state index in [0.717, 1.165) is 0 Å². The van der Waals surface area contributed by atoms with Crippen LogP contribution in [0.2, 0.25) is 0 Å². The molecule has 20 heavy (non-hydrogen) atoms. The molecule has 1 heterocycles. The molecule has 5 N–H and O–H groups in total. The van der Waals surface area contributed by atoms with E-state index in [-0.39, 0.29) is 10.8 Å². The number of rotatable bonds is 3. The molecule has 2 aromatic rings. The van der Waals surface area contributed by atoms with Crippen molar-refractivity contribution in [2.45, 2.75) is 4.90 Å². The fourth-order valence-corrected chi connectivity index (χ4v) is 1.99. The lowest BCUT2D eigenvalue weighted by molar-refractivity contribution is 0.102. The number of carbonyl (C=O) groups is 1. The predicted molar refractivity (Wildman–Crippen MR) is 74.4 cm³/mol. The molecule has 0 fully saturated rings. The molecule has 0 radical (unpaired) electrons. The number of aromatic nitrogens is 1. The van der Waals surface area contributed by atoms with Crippen LogP contribution in [0.1, 0.15) is 10.4 Å². The van der Waals surface area contributed by atoms with Gasteiger partial charge in [-0.15, -0.1) is 0 Å². The Morgan fingerprint density at radius 1 is 1.10 bits per heavy atom. The molecule has 0 spiro atoms. The van der Waals surface area contributed by atoms with Crippen LogP contribution in [0.4, 0.5) is 11.5 Å². The monoisotopic (exact) mass is 292 g/mol. The van der Waals surface area contributed by atoms with Crippen molar-refractivity contribution in [1.29, 1.82) is 0 Å². The number of hydrogen-bond acceptors (Lipinski definition) is 5. The van der Waals surface area contributed by atoms with Gasteiger partial charge in [-0.05, 0) is 36.4 Å². The van der Waals surface area contributed by atoms with Crippen molar-refractivity contribution in [2.24, 2.45) is 5.14 Å². The van der Waals surface area contributed by atoms with Crippen molar-refractivity contribution in [1.82, 2.24) is 4.98 Å². The van der Waals surface area contributed by atoms with E-state index in [1.54, 1.807) is 0 Å². The third-order valence-electron chi connectivity index (χ3n) is 2.49. The Bertz CT molecular complexity index is 724. The number of nitrogens with one attached hydrogen (secondary N) is 1. The molecule has 1 amide bonds. The summed E-state index contributed by atoms with van der Waals surface area (Å²) in [6.07, 6.45) is 1.35. The number of hydrogen-bond donors (Lipinski definition) is 3. The van der Waals surface area contributed by atoms with Gasteiger partial charge in [0.05, 0.1) is 10.5 Å². The maximum Gasteiger partial charge on any atom is 0.257 e. The van der Waals surface area contributed by atoms with Crippen LogP contribution < -0.4 is 16.2 Å². The molecule has 0 atom stereocenters. The summed E-state index contributed by atoms with van der Waals surface area (Å²) in [6, 6.07) is 8.57. The first-order chi connectivity index (χ1) is 9.36. The van der Waals surface area contributed by atoms with Crippen LogP contribution in [-0.2, 0) is 10.0 Å². The van der Waals surface area contributed by atoms with Gasteiger partial charge in [0, 0.05) is 11.9 Å². The van der Waals surface area contributed by atoms with E-state index in [0.29, 0.717) is 17.1 Å². The summed E-state index contributed by atoms with van der Waals surface area (Å²) in [5, 5.41) is 7.58. The molecular weight excluding hydrogens is 280 g/mol. The van der Waals surface area contributed by atoms with Crippen LogP contribution in [0.25, 0.3) is 0 Å². The maximum absolute atomic E-state index is 11.9. The maximum atomic E-state index is 11.9. The average Bonchev–Trinajstić information content (AvgIpc) is 2.39. The first kappa shape index (κ1) is 14.0. The Labute approximate surface area is 115 Å². The summed E-state index contributed by atoms with van der Waals surface area (Å²) in [5.41, 5.74) is 6.21. The van der Waals surface area contributed by atoms with Crippen molar-refractivity contribution >= 4 is 27.4 Å². The number of nitrogens with zero attached hydrogens (tertiary/aromatic N) is 1. The fourth-order valence-electron chi connectivity index (χ4n) is 1.47. The lowest BCUT2D eigenvalue weighted by Crippen LogP contribution is -2.14. The number of sulfonamides is 1. The topological polar surface area (TPSA) is 128 Å². The molecule has 0 bridgehead atoms. The SMILES string of the molecule is Nc1ccc(C(=O)Nc2ccc(S(N)(=O)=O)cc2)cn1. The zero-order valence-corrected chi connectivity index (χ0v) is 11.1. The number of amides is 1. The molecule has 0 aliphatic carbocycles. The third kappa shape index (κ3) is 3.31. The second-order valence-electron chi connectivity index (χ2n) is 4.00. The van der Waals surface area contributed by atoms with Gasteiger partial charge in [-0.2, -0.15) is 0 Å². The first-order valence-corrected chi connectivity index (χ1v) is 7.06. The van der Waals surface area contributed by atoms with Gasteiger partial charge >= 0.3 is 0 Å². The molecule has 1 aromatic carbocycles. The molecule has 1 aromatic heterocycles. The van der Waals surface area contributed by atoms with Gasteiger partial charge in [-0.3, -0.25) is 4.79 Å². The minimum Gasteiger partial charge on any atom is -0.384 e. The smallest absolute Gasteiger partial charge is 0.257 e. The largest absolute Gasteiger partial charge is 0.384 e. The van der Waals surface area contributed by atoms with Gasteiger partial charge in [-0.25, -0.2) is 18.5 Å². The second kappa shape index (κ2) is 5.27. The zero-order chi connectivity index (χ0) is 14.8. The van der Waals surface area contributed by atoms with Crippen LogP contribution in [-0.4, -0.2) is 19.3 Å². The van der Waals surface area contributed by atoms with Gasteiger partial charge in [-0.1, -0.05) is 0 Å². The van der Waals surface area contributed by atoms with Gasteiger partial charge in [0.15, 0.2) is 0 Å². The Hall–Kier alpha value is -2.45. The zero-order valence-electron chi connectivity index (χ0n) is 10.3. The highest BCUT2D eigenvalue weighted by molar-refractivity contribution is 7.89. The van der Waals surface area contributed by atoms with Gasteiger partial charge in [0.2, 0.25) is 10.0 Å². The number of benzene rings is 1. The number of nitrogens with two attached hydrogens (primary N) is 2. The van der Waals surface area contributed by atoms with E-state index < -0.39 is 10.0 Å². The lowest BCUT2D eigenvalue weighted by Gasteiger charge is -2.06. The van der Waals surface area contributed by atoms with Crippen LogP contribution in [0, 0.1) is 0 Å². The average molecular weight is 292 g/mol. The molecule has 0 saturated heterocycles. The van der Waals surface area contributed by atoms with Gasteiger partial charge in [0.1, 0.15) is 5.82 Å². The number of carbonyl (C=O) groups excluding carboxylic acids is 1. The van der Waals surface area contributed by atoms with Crippen molar-refractivity contribution in [3.05, 3.63) is 48.2 Å². The molecule has 8 heteroatoms. The standard InChI is InChI=1S/C12H12N4O3S/c13-11-6-1-8(7-15-11)12(17)16-9-2-4-10(5-3-9)20(14,18)19/h1-7H,(H2,13,15)(H,16,17)(H2,14,18,19). The Morgan fingerprint density at radius 2 is 1.75 bits per heavy atom. The predicted octanol–water partition coefficient (Wildman–Crippen LogP) is 0.563. The van der Waals surface area contributed by atoms with Crippen LogP contribution in [0.15, 0.2) is 47.5 Å². The van der Waals surface area contributed by atoms with E-state index in [4.69, 9.17) is 10.9 Å². The summed E-state index contributed by atoms with van der Waals surface area (Å²) in [5.74, 6) is -0.0556. The molecule has 7 nitrogen and oxygen atoms in total. The molecule has 104 valence electrons. The van der Waals surface area contributed by atoms with Gasteiger partial charge < -0.3 is 11.1 Å². The lowest BCUT2D eigenvalue weighted by atomic mass is 10.2. The Kier molecular flexibility index (Phi) is 3.68. The quantitative estimate of drug-likeness (QED) is 0.761. The summed E-state index contributed by atoms with van der Waals surface area (Å²) < 4.78 is 22.2. The summed E-state index contributed by atoms with van der Waals surface area (Å²) in [7, 11) is -3.74. The van der Waals surface area contributed by atoms with E-state index in [1.165, 1.54) is 42.6 Å². The highest BCUT2D eigenvalue weighted by Gasteiger charge is 2.09. The van der Waals surface area contributed by atoms with Crippen LogP contribution in [0.3, 0.4) is 0 Å². The number of anilines is 2. The summed E-state index contributed by atoms with van der Waals surface area (Å²) >= 11 is 0. The first-order valence-electron chi connectivity index (χ1n) is 5.52. The minimum absolute atomic E-state index is 0.0235. The summed E-state index contributed by atoms with van der Waals surface area (Å²) in [4.78, 5) is 15.7. The highest BCUT2D eigenvalue weighted by Crippen LogP contribution is 2.14. The van der Waals surface area contributed by atoms with Crippen LogP contribution in [0.5, 0.6) is 0 Å². The van der Waals surface area contributed by atoms with E-state index >= 15 is 0 Å². The van der Waals surface area contributed by atoms with Crippen molar-refractivity contribution < 1.29 is 13.2 Å². The van der Waals surface area contributed by atoms with Gasteiger partial charge in [0.25, 0.3) is 5.91 Å². The Morgan fingerprint density at radius 3 is 2.25 bits per heavy atom. The molecular formula is C12H12N4O3S. The molecule has 0 unspecified atom stereocenters. The highest BCUT2D eigenvalue weighted by atomic mass is 32.2. The van der Waals surface area contributed by atoms with Crippen molar-refractivity contribution in [3.8, 4) is 0 Å². The van der Waals surface area contributed by atoms with Crippen molar-refractivity contribution in [3.63, 3.8) is 0 Å². The second-order valence-corrected chi connectivity index (χ2v) is 5.56. The summed E-state index contributed by atoms with van der Waals surface area (Å²) in [6.45, 7) is 0. The van der Waals surface area contributed by atoms with E-state index in [9.17, 15) is 13.2 Å². The van der Waals surface area contributed by atoms with E-state index in [2.05, 4.69) is 10.3 Å².